The first-order valence-electron chi connectivity index (χ1n) is 12.6. The van der Waals surface area contributed by atoms with Crippen LogP contribution in [-0.4, -0.2) is 53.9 Å². The van der Waals surface area contributed by atoms with Gasteiger partial charge >= 0.3 is 6.18 Å². The van der Waals surface area contributed by atoms with Gasteiger partial charge < -0.3 is 14.5 Å². The monoisotopic (exact) mass is 524 g/mol. The third-order valence-electron chi connectivity index (χ3n) is 6.67. The summed E-state index contributed by atoms with van der Waals surface area (Å²) in [4.78, 5) is 29.8. The number of alkyl halides is 3. The maximum Gasteiger partial charge on any atom is 0.416 e. The molecule has 5 nitrogen and oxygen atoms in total. The predicted molar refractivity (Wildman–Crippen MR) is 138 cm³/mol. The number of carbonyl (C=O) groups is 2. The van der Waals surface area contributed by atoms with Crippen LogP contribution in [0.5, 0.6) is 0 Å². The molecule has 0 N–H and O–H groups in total. The summed E-state index contributed by atoms with van der Waals surface area (Å²) >= 11 is 0. The second kappa shape index (κ2) is 12.3. The minimum absolute atomic E-state index is 0.00475. The topological polar surface area (TPSA) is 49.9 Å². The Labute approximate surface area is 220 Å². The van der Waals surface area contributed by atoms with E-state index in [0.29, 0.717) is 37.2 Å². The third-order valence-corrected chi connectivity index (χ3v) is 6.67. The van der Waals surface area contributed by atoms with Gasteiger partial charge in [0.15, 0.2) is 0 Å². The zero-order valence-electron chi connectivity index (χ0n) is 21.3. The highest BCUT2D eigenvalue weighted by Crippen LogP contribution is 2.29. The van der Waals surface area contributed by atoms with Crippen molar-refractivity contribution in [3.63, 3.8) is 0 Å². The van der Waals surface area contributed by atoms with E-state index in [4.69, 9.17) is 4.74 Å². The highest BCUT2D eigenvalue weighted by Gasteiger charge is 2.31. The predicted octanol–water partition coefficient (Wildman–Crippen LogP) is 5.52. The molecule has 1 fully saturated rings. The minimum atomic E-state index is -4.42. The van der Waals surface area contributed by atoms with Crippen molar-refractivity contribution in [3.05, 3.63) is 107 Å². The van der Waals surface area contributed by atoms with Crippen LogP contribution in [0.15, 0.2) is 78.9 Å². The maximum absolute atomic E-state index is 13.2. The molecule has 3 aromatic carbocycles. The highest BCUT2D eigenvalue weighted by atomic mass is 19.4. The maximum atomic E-state index is 13.2. The summed E-state index contributed by atoms with van der Waals surface area (Å²) < 4.78 is 45.1. The van der Waals surface area contributed by atoms with Gasteiger partial charge in [0.1, 0.15) is 0 Å². The molecule has 8 heteroatoms. The van der Waals surface area contributed by atoms with E-state index in [1.165, 1.54) is 6.07 Å². The summed E-state index contributed by atoms with van der Waals surface area (Å²) in [6.07, 6.45) is -3.70. The molecule has 0 unspecified atom stereocenters. The van der Waals surface area contributed by atoms with E-state index in [2.05, 4.69) is 0 Å². The van der Waals surface area contributed by atoms with Gasteiger partial charge in [0.25, 0.3) is 5.91 Å². The van der Waals surface area contributed by atoms with Crippen LogP contribution in [0.25, 0.3) is 0 Å². The summed E-state index contributed by atoms with van der Waals surface area (Å²) in [7, 11) is 0. The molecule has 1 saturated heterocycles. The molecule has 38 heavy (non-hydrogen) atoms. The van der Waals surface area contributed by atoms with Crippen molar-refractivity contribution < 1.29 is 27.5 Å². The van der Waals surface area contributed by atoms with Crippen molar-refractivity contribution in [1.29, 1.82) is 0 Å². The molecule has 0 saturated carbocycles. The van der Waals surface area contributed by atoms with Gasteiger partial charge in [-0.1, -0.05) is 60.2 Å². The van der Waals surface area contributed by atoms with E-state index >= 15 is 0 Å². The second-order valence-corrected chi connectivity index (χ2v) is 9.56. The number of carbonyl (C=O) groups excluding carboxylic acids is 2. The first-order chi connectivity index (χ1) is 18.2. The van der Waals surface area contributed by atoms with Crippen molar-refractivity contribution in [2.24, 2.45) is 0 Å². The Morgan fingerprint density at radius 2 is 1.66 bits per heavy atom. The summed E-state index contributed by atoms with van der Waals surface area (Å²) in [6, 6.07) is 21.8. The van der Waals surface area contributed by atoms with Crippen LogP contribution >= 0.6 is 0 Å². The van der Waals surface area contributed by atoms with Gasteiger partial charge in [-0.25, -0.2) is 0 Å². The molecule has 1 atom stereocenters. The van der Waals surface area contributed by atoms with Crippen LogP contribution in [-0.2, 0) is 28.7 Å². The Kier molecular flexibility index (Phi) is 8.84. The first kappa shape index (κ1) is 27.4. The third kappa shape index (κ3) is 7.22. The number of hydrogen-bond donors (Lipinski definition) is 0. The van der Waals surface area contributed by atoms with E-state index < -0.39 is 11.7 Å². The molecule has 1 aliphatic heterocycles. The average molecular weight is 525 g/mol. The average Bonchev–Trinajstić information content (AvgIpc) is 3.09. The van der Waals surface area contributed by atoms with Gasteiger partial charge in [0, 0.05) is 31.6 Å². The number of ether oxygens (including phenoxy) is 1. The summed E-state index contributed by atoms with van der Waals surface area (Å²) in [5, 5.41) is 0. The fourth-order valence-electron chi connectivity index (χ4n) is 4.68. The largest absolute Gasteiger partial charge is 0.416 e. The number of rotatable bonds is 8. The van der Waals surface area contributed by atoms with Crippen LogP contribution in [0.2, 0.25) is 0 Å². The Bertz CT molecular complexity index is 1250. The fraction of sp³-hybridized carbons (Fsp3) is 0.333. The number of hydrogen-bond acceptors (Lipinski definition) is 3. The number of benzene rings is 3. The van der Waals surface area contributed by atoms with Gasteiger partial charge in [-0.3, -0.25) is 9.59 Å². The Morgan fingerprint density at radius 1 is 0.921 bits per heavy atom. The van der Waals surface area contributed by atoms with Crippen LogP contribution in [0.4, 0.5) is 13.2 Å². The van der Waals surface area contributed by atoms with E-state index in [9.17, 15) is 22.8 Å². The van der Waals surface area contributed by atoms with Crippen molar-refractivity contribution >= 4 is 11.8 Å². The molecule has 4 rings (SSSR count). The number of amides is 2. The molecule has 200 valence electrons. The molecule has 3 aromatic rings. The van der Waals surface area contributed by atoms with Crippen molar-refractivity contribution in [1.82, 2.24) is 9.80 Å². The van der Waals surface area contributed by atoms with E-state index in [1.807, 2.05) is 55.5 Å². The quantitative estimate of drug-likeness (QED) is 0.390. The number of aryl methyl sites for hydroxylation is 1. The number of nitrogens with zero attached hydrogens (tertiary/aromatic N) is 2. The molecule has 0 spiro atoms. The van der Waals surface area contributed by atoms with Gasteiger partial charge in [0.2, 0.25) is 5.91 Å². The second-order valence-electron chi connectivity index (χ2n) is 9.56. The SMILES string of the molecule is Cc1cccc(C(=O)N2CCC(=O)N([C@H](COCc3cccc(C(F)(F)F)c3)Cc3ccccc3)CC2)c1. The smallest absolute Gasteiger partial charge is 0.375 e. The molecule has 0 bridgehead atoms. The lowest BCUT2D eigenvalue weighted by molar-refractivity contribution is -0.138. The molecular formula is C30H31F3N2O3. The van der Waals surface area contributed by atoms with Crippen molar-refractivity contribution in [3.8, 4) is 0 Å². The Morgan fingerprint density at radius 3 is 2.39 bits per heavy atom. The van der Waals surface area contributed by atoms with E-state index in [-0.39, 0.29) is 37.5 Å². The Balaban J connectivity index is 1.46. The fourth-order valence-corrected chi connectivity index (χ4v) is 4.68. The van der Waals surface area contributed by atoms with Crippen LogP contribution < -0.4 is 0 Å². The summed E-state index contributed by atoms with van der Waals surface area (Å²) in [6.45, 7) is 3.14. The van der Waals surface area contributed by atoms with Gasteiger partial charge in [-0.2, -0.15) is 13.2 Å². The van der Waals surface area contributed by atoms with Crippen molar-refractivity contribution in [2.75, 3.05) is 26.2 Å². The lowest BCUT2D eigenvalue weighted by Crippen LogP contribution is -2.45. The first-order valence-corrected chi connectivity index (χ1v) is 12.6. The van der Waals surface area contributed by atoms with Crippen LogP contribution in [0, 0.1) is 6.92 Å². The molecule has 0 radical (unpaired) electrons. The molecule has 2 amide bonds. The number of halogens is 3. The van der Waals surface area contributed by atoms with Crippen molar-refractivity contribution in [2.45, 2.75) is 38.6 Å². The lowest BCUT2D eigenvalue weighted by atomic mass is 10.0. The summed E-state index contributed by atoms with van der Waals surface area (Å²) in [5.41, 5.74) is 2.29. The minimum Gasteiger partial charge on any atom is -0.375 e. The molecule has 0 aliphatic carbocycles. The van der Waals surface area contributed by atoms with Gasteiger partial charge in [-0.15, -0.1) is 0 Å². The zero-order valence-corrected chi connectivity index (χ0v) is 21.3. The van der Waals surface area contributed by atoms with E-state index in [1.54, 1.807) is 21.9 Å². The molecular weight excluding hydrogens is 493 g/mol. The molecule has 0 aromatic heterocycles. The standard InChI is InChI=1S/C30H31F3N2O3/c1-22-7-5-11-25(17-22)29(37)34-14-13-28(36)35(16-15-34)27(19-23-8-3-2-4-9-23)21-38-20-24-10-6-12-26(18-24)30(31,32)33/h2-12,17-18,27H,13-16,19-21H2,1H3/t27-/m0/s1. The molecule has 1 heterocycles. The Hall–Kier alpha value is -3.65. The van der Waals surface area contributed by atoms with Crippen LogP contribution in [0.3, 0.4) is 0 Å². The van der Waals surface area contributed by atoms with Gasteiger partial charge in [0.05, 0.1) is 24.8 Å². The van der Waals surface area contributed by atoms with Gasteiger partial charge in [-0.05, 0) is 48.7 Å². The summed E-state index contributed by atoms with van der Waals surface area (Å²) in [5.74, 6) is -0.183. The normalized spacial score (nSPS) is 15.3. The highest BCUT2D eigenvalue weighted by molar-refractivity contribution is 5.95. The van der Waals surface area contributed by atoms with Crippen LogP contribution in [0.1, 0.15) is 39.0 Å². The van der Waals surface area contributed by atoms with E-state index in [0.717, 1.165) is 23.3 Å². The zero-order chi connectivity index (χ0) is 27.1. The lowest BCUT2D eigenvalue weighted by Gasteiger charge is -2.31. The molecule has 1 aliphatic rings.